The van der Waals surface area contributed by atoms with E-state index in [0.717, 1.165) is 12.1 Å². The van der Waals surface area contributed by atoms with E-state index in [9.17, 15) is 9.59 Å². The molecule has 6 heteroatoms. The number of benzene rings is 1. The van der Waals surface area contributed by atoms with Crippen LogP contribution in [0.4, 0.5) is 10.5 Å². The lowest BCUT2D eigenvalue weighted by Crippen LogP contribution is -2.51. The van der Waals surface area contributed by atoms with Gasteiger partial charge in [0.15, 0.2) is 0 Å². The van der Waals surface area contributed by atoms with E-state index in [-0.39, 0.29) is 24.6 Å². The van der Waals surface area contributed by atoms with Crippen LogP contribution < -0.4 is 15.5 Å². The van der Waals surface area contributed by atoms with Crippen LogP contribution in [0.3, 0.4) is 0 Å². The van der Waals surface area contributed by atoms with Gasteiger partial charge in [0.1, 0.15) is 6.61 Å². The van der Waals surface area contributed by atoms with E-state index < -0.39 is 0 Å². The first-order valence-electron chi connectivity index (χ1n) is 7.19. The molecule has 0 spiro atoms. The van der Waals surface area contributed by atoms with Gasteiger partial charge in [-0.05, 0) is 18.6 Å². The maximum absolute atomic E-state index is 11.9. The van der Waals surface area contributed by atoms with Crippen molar-refractivity contribution in [2.45, 2.75) is 19.4 Å². The standard InChI is InChI=1S/C15H21N3O3/c1-2-8-16-15(20)17-9-13-10-18(14(19)11-21-13)12-6-4-3-5-7-12/h3-7,13H,2,8-11H2,1H3,(H2,16,17,20). The number of nitrogens with zero attached hydrogens (tertiary/aromatic N) is 1. The first-order chi connectivity index (χ1) is 10.2. The van der Waals surface area contributed by atoms with Gasteiger partial charge in [-0.3, -0.25) is 4.79 Å². The first kappa shape index (κ1) is 15.3. The largest absolute Gasteiger partial charge is 0.365 e. The van der Waals surface area contributed by atoms with Crippen molar-refractivity contribution in [3.63, 3.8) is 0 Å². The number of anilines is 1. The van der Waals surface area contributed by atoms with Crippen molar-refractivity contribution in [2.24, 2.45) is 0 Å². The minimum atomic E-state index is -0.205. The fourth-order valence-corrected chi connectivity index (χ4v) is 2.11. The van der Waals surface area contributed by atoms with Crippen LogP contribution in [-0.4, -0.2) is 44.3 Å². The molecule has 1 aliphatic heterocycles. The molecule has 2 N–H and O–H groups in total. The number of para-hydroxylation sites is 1. The number of morpholine rings is 1. The molecule has 114 valence electrons. The number of amides is 3. The molecule has 1 saturated heterocycles. The van der Waals surface area contributed by atoms with Crippen LogP contribution in [0, 0.1) is 0 Å². The van der Waals surface area contributed by atoms with Crippen molar-refractivity contribution in [2.75, 3.05) is 31.1 Å². The number of hydrogen-bond acceptors (Lipinski definition) is 3. The summed E-state index contributed by atoms with van der Waals surface area (Å²) in [7, 11) is 0. The molecule has 0 saturated carbocycles. The third kappa shape index (κ3) is 4.46. The SMILES string of the molecule is CCCNC(=O)NCC1CN(c2ccccc2)C(=O)CO1. The lowest BCUT2D eigenvalue weighted by molar-refractivity contribution is -0.129. The second kappa shape index (κ2) is 7.64. The molecule has 6 nitrogen and oxygen atoms in total. The van der Waals surface area contributed by atoms with Gasteiger partial charge in [-0.25, -0.2) is 4.79 Å². The fraction of sp³-hybridized carbons (Fsp3) is 0.467. The summed E-state index contributed by atoms with van der Waals surface area (Å²) in [6.07, 6.45) is 0.694. The summed E-state index contributed by atoms with van der Waals surface area (Å²) in [5.41, 5.74) is 0.853. The van der Waals surface area contributed by atoms with E-state index in [0.29, 0.717) is 19.6 Å². The molecular formula is C15H21N3O3. The molecule has 1 heterocycles. The maximum Gasteiger partial charge on any atom is 0.314 e. The van der Waals surface area contributed by atoms with Crippen LogP contribution in [0.5, 0.6) is 0 Å². The van der Waals surface area contributed by atoms with Gasteiger partial charge in [0.2, 0.25) is 0 Å². The molecule has 1 fully saturated rings. The van der Waals surface area contributed by atoms with E-state index in [1.54, 1.807) is 4.90 Å². The Kier molecular flexibility index (Phi) is 5.57. The Balaban J connectivity index is 1.86. The topological polar surface area (TPSA) is 70.7 Å². The number of rotatable bonds is 5. The minimum Gasteiger partial charge on any atom is -0.365 e. The number of urea groups is 1. The summed E-state index contributed by atoms with van der Waals surface area (Å²) >= 11 is 0. The van der Waals surface area contributed by atoms with Gasteiger partial charge < -0.3 is 20.3 Å². The average molecular weight is 291 g/mol. The average Bonchev–Trinajstić information content (AvgIpc) is 2.53. The van der Waals surface area contributed by atoms with Crippen LogP contribution >= 0.6 is 0 Å². The van der Waals surface area contributed by atoms with Gasteiger partial charge >= 0.3 is 6.03 Å². The molecular weight excluding hydrogens is 270 g/mol. The third-order valence-electron chi connectivity index (χ3n) is 3.22. The number of carbonyl (C=O) groups is 2. The Morgan fingerprint density at radius 2 is 2.10 bits per heavy atom. The van der Waals surface area contributed by atoms with Crippen molar-refractivity contribution >= 4 is 17.6 Å². The van der Waals surface area contributed by atoms with Crippen LogP contribution in [-0.2, 0) is 9.53 Å². The lowest BCUT2D eigenvalue weighted by atomic mass is 10.2. The predicted molar refractivity (Wildman–Crippen MR) is 80.2 cm³/mol. The molecule has 2 rings (SSSR count). The van der Waals surface area contributed by atoms with Crippen molar-refractivity contribution in [1.29, 1.82) is 0 Å². The lowest BCUT2D eigenvalue weighted by Gasteiger charge is -2.32. The maximum atomic E-state index is 11.9. The summed E-state index contributed by atoms with van der Waals surface area (Å²) in [6, 6.07) is 9.27. The summed E-state index contributed by atoms with van der Waals surface area (Å²) in [4.78, 5) is 25.1. The number of carbonyl (C=O) groups excluding carboxylic acids is 2. The number of nitrogens with one attached hydrogen (secondary N) is 2. The van der Waals surface area contributed by atoms with E-state index in [4.69, 9.17) is 4.74 Å². The van der Waals surface area contributed by atoms with Gasteiger partial charge in [-0.2, -0.15) is 0 Å². The molecule has 1 aromatic carbocycles. The quantitative estimate of drug-likeness (QED) is 0.854. The van der Waals surface area contributed by atoms with Crippen LogP contribution in [0.2, 0.25) is 0 Å². The van der Waals surface area contributed by atoms with E-state index in [2.05, 4.69) is 10.6 Å². The highest BCUT2D eigenvalue weighted by Gasteiger charge is 2.27. The van der Waals surface area contributed by atoms with E-state index in [1.807, 2.05) is 37.3 Å². The van der Waals surface area contributed by atoms with Crippen LogP contribution in [0.15, 0.2) is 30.3 Å². The van der Waals surface area contributed by atoms with Crippen molar-refractivity contribution in [3.8, 4) is 0 Å². The molecule has 1 aromatic rings. The number of ether oxygens (including phenoxy) is 1. The van der Waals surface area contributed by atoms with Gasteiger partial charge in [0.05, 0.1) is 12.6 Å². The zero-order valence-electron chi connectivity index (χ0n) is 12.2. The number of hydrogen-bond donors (Lipinski definition) is 2. The Bertz CT molecular complexity index is 478. The summed E-state index contributed by atoms with van der Waals surface area (Å²) in [5.74, 6) is -0.0621. The van der Waals surface area contributed by atoms with Crippen molar-refractivity contribution in [3.05, 3.63) is 30.3 Å². The Morgan fingerprint density at radius 1 is 1.33 bits per heavy atom. The summed E-state index contributed by atoms with van der Waals surface area (Å²) in [6.45, 7) is 3.50. The predicted octanol–water partition coefficient (Wildman–Crippen LogP) is 1.13. The molecule has 1 atom stereocenters. The monoisotopic (exact) mass is 291 g/mol. The van der Waals surface area contributed by atoms with E-state index in [1.165, 1.54) is 0 Å². The molecule has 0 aliphatic carbocycles. The smallest absolute Gasteiger partial charge is 0.314 e. The molecule has 0 radical (unpaired) electrons. The van der Waals surface area contributed by atoms with Crippen molar-refractivity contribution in [1.82, 2.24) is 10.6 Å². The van der Waals surface area contributed by atoms with E-state index >= 15 is 0 Å². The second-order valence-electron chi connectivity index (χ2n) is 4.91. The molecule has 3 amide bonds. The third-order valence-corrected chi connectivity index (χ3v) is 3.22. The minimum absolute atomic E-state index is 0.0395. The summed E-state index contributed by atoms with van der Waals surface area (Å²) in [5, 5.41) is 5.50. The normalized spacial score (nSPS) is 18.4. The Morgan fingerprint density at radius 3 is 2.81 bits per heavy atom. The highest BCUT2D eigenvalue weighted by molar-refractivity contribution is 5.94. The highest BCUT2D eigenvalue weighted by Crippen LogP contribution is 2.17. The fourth-order valence-electron chi connectivity index (χ4n) is 2.11. The van der Waals surface area contributed by atoms with Gasteiger partial charge in [0, 0.05) is 18.8 Å². The molecule has 1 aliphatic rings. The van der Waals surface area contributed by atoms with Crippen molar-refractivity contribution < 1.29 is 14.3 Å². The molecule has 21 heavy (non-hydrogen) atoms. The molecule has 0 aromatic heterocycles. The molecule has 1 unspecified atom stereocenters. The summed E-state index contributed by atoms with van der Waals surface area (Å²) < 4.78 is 5.46. The Labute approximate surface area is 124 Å². The second-order valence-corrected chi connectivity index (χ2v) is 4.91. The first-order valence-corrected chi connectivity index (χ1v) is 7.19. The highest BCUT2D eigenvalue weighted by atomic mass is 16.5. The molecule has 0 bridgehead atoms. The van der Waals surface area contributed by atoms with Gasteiger partial charge in [0.25, 0.3) is 5.91 Å². The van der Waals surface area contributed by atoms with Gasteiger partial charge in [-0.15, -0.1) is 0 Å². The Hall–Kier alpha value is -2.08. The van der Waals surface area contributed by atoms with Crippen LogP contribution in [0.25, 0.3) is 0 Å². The zero-order chi connectivity index (χ0) is 15.1. The van der Waals surface area contributed by atoms with Gasteiger partial charge in [-0.1, -0.05) is 25.1 Å². The van der Waals surface area contributed by atoms with Crippen LogP contribution in [0.1, 0.15) is 13.3 Å². The zero-order valence-corrected chi connectivity index (χ0v) is 12.2.